The number of hydrogen-bond donors (Lipinski definition) is 1. The third-order valence-corrected chi connectivity index (χ3v) is 2.69. The summed E-state index contributed by atoms with van der Waals surface area (Å²) in [6.07, 6.45) is -0.414. The van der Waals surface area contributed by atoms with Gasteiger partial charge < -0.3 is 14.8 Å². The standard InChI is InChI=1S/C12H13NO3S/c1-2-15-11(14)9-10(16-12(17)13-9)8-6-4-3-5-7-8/h3-7,9-10H,2H2,1H3,(H,13,17)/t9-,10+/m0/s1. The maximum absolute atomic E-state index is 11.8. The van der Waals surface area contributed by atoms with E-state index in [9.17, 15) is 4.79 Å². The van der Waals surface area contributed by atoms with Gasteiger partial charge in [0.25, 0.3) is 5.17 Å². The Hall–Kier alpha value is -1.62. The molecule has 1 aliphatic rings. The quantitative estimate of drug-likeness (QED) is 0.652. The summed E-state index contributed by atoms with van der Waals surface area (Å²) in [6, 6.07) is 8.91. The molecule has 0 aliphatic carbocycles. The fourth-order valence-corrected chi connectivity index (χ4v) is 1.97. The third-order valence-electron chi connectivity index (χ3n) is 2.48. The fraction of sp³-hybridized carbons (Fsp3) is 0.333. The summed E-state index contributed by atoms with van der Waals surface area (Å²) in [5.41, 5.74) is 0.901. The third kappa shape index (κ3) is 2.55. The lowest BCUT2D eigenvalue weighted by Gasteiger charge is -2.15. The highest BCUT2D eigenvalue weighted by Crippen LogP contribution is 2.26. The van der Waals surface area contributed by atoms with Crippen LogP contribution in [0, 0.1) is 0 Å². The molecule has 1 aromatic carbocycles. The molecule has 1 aromatic rings. The lowest BCUT2D eigenvalue weighted by Crippen LogP contribution is -2.37. The number of carbonyl (C=O) groups excluding carboxylic acids is 1. The van der Waals surface area contributed by atoms with Crippen molar-refractivity contribution in [2.75, 3.05) is 6.61 Å². The Bertz CT molecular complexity index is 421. The van der Waals surface area contributed by atoms with Gasteiger partial charge in [-0.1, -0.05) is 30.3 Å². The normalized spacial score (nSPS) is 22.8. The molecule has 0 aromatic heterocycles. The largest absolute Gasteiger partial charge is 0.464 e. The second kappa shape index (κ2) is 5.14. The van der Waals surface area contributed by atoms with Gasteiger partial charge >= 0.3 is 5.97 Å². The fourth-order valence-electron chi connectivity index (χ4n) is 1.74. The molecule has 0 unspecified atom stereocenters. The minimum absolute atomic E-state index is 0.233. The highest BCUT2D eigenvalue weighted by Gasteiger charge is 2.39. The lowest BCUT2D eigenvalue weighted by atomic mass is 10.0. The first kappa shape index (κ1) is 11.9. The van der Waals surface area contributed by atoms with E-state index in [0.717, 1.165) is 5.56 Å². The van der Waals surface area contributed by atoms with E-state index in [4.69, 9.17) is 21.7 Å². The van der Waals surface area contributed by atoms with Crippen molar-refractivity contribution < 1.29 is 14.3 Å². The van der Waals surface area contributed by atoms with E-state index in [-0.39, 0.29) is 11.1 Å². The van der Waals surface area contributed by atoms with Crippen LogP contribution in [0.15, 0.2) is 30.3 Å². The van der Waals surface area contributed by atoms with E-state index in [1.54, 1.807) is 6.92 Å². The molecule has 0 radical (unpaired) electrons. The zero-order chi connectivity index (χ0) is 12.3. The van der Waals surface area contributed by atoms with Crippen LogP contribution in [-0.4, -0.2) is 23.8 Å². The van der Waals surface area contributed by atoms with Crippen LogP contribution in [0.3, 0.4) is 0 Å². The zero-order valence-corrected chi connectivity index (χ0v) is 10.2. The molecule has 1 N–H and O–H groups in total. The van der Waals surface area contributed by atoms with Gasteiger partial charge in [0.15, 0.2) is 12.1 Å². The van der Waals surface area contributed by atoms with Crippen LogP contribution in [0.5, 0.6) is 0 Å². The van der Waals surface area contributed by atoms with Crippen LogP contribution < -0.4 is 5.32 Å². The molecule has 2 atom stereocenters. The predicted octanol–water partition coefficient (Wildman–Crippen LogP) is 1.56. The van der Waals surface area contributed by atoms with Gasteiger partial charge in [0.05, 0.1) is 6.61 Å². The Morgan fingerprint density at radius 2 is 2.18 bits per heavy atom. The van der Waals surface area contributed by atoms with Crippen LogP contribution >= 0.6 is 12.2 Å². The molecule has 1 heterocycles. The minimum atomic E-state index is -0.565. The highest BCUT2D eigenvalue weighted by molar-refractivity contribution is 7.80. The summed E-state index contributed by atoms with van der Waals surface area (Å²) in [7, 11) is 0. The second-order valence-corrected chi connectivity index (χ2v) is 3.98. The molecular weight excluding hydrogens is 238 g/mol. The summed E-state index contributed by atoms with van der Waals surface area (Å²) in [4.78, 5) is 11.8. The number of rotatable bonds is 3. The van der Waals surface area contributed by atoms with Gasteiger partial charge in [-0.05, 0) is 24.7 Å². The van der Waals surface area contributed by atoms with Gasteiger partial charge in [-0.3, -0.25) is 0 Å². The average Bonchev–Trinajstić information content (AvgIpc) is 2.73. The Morgan fingerprint density at radius 1 is 1.47 bits per heavy atom. The first-order valence-corrected chi connectivity index (χ1v) is 5.82. The summed E-state index contributed by atoms with van der Waals surface area (Å²) >= 11 is 4.94. The van der Waals surface area contributed by atoms with Gasteiger partial charge in [0.2, 0.25) is 0 Å². The molecule has 1 aliphatic heterocycles. The van der Waals surface area contributed by atoms with Crippen molar-refractivity contribution in [3.05, 3.63) is 35.9 Å². The Kier molecular flexibility index (Phi) is 3.58. The molecule has 1 saturated heterocycles. The SMILES string of the molecule is CCOC(=O)[C@H]1NC(=S)O[C@@H]1c1ccccc1. The van der Waals surface area contributed by atoms with E-state index >= 15 is 0 Å². The average molecular weight is 251 g/mol. The molecule has 5 heteroatoms. The number of carbonyl (C=O) groups is 1. The van der Waals surface area contributed by atoms with Crippen LogP contribution in [0.25, 0.3) is 0 Å². The Labute approximate surface area is 105 Å². The molecule has 2 rings (SSSR count). The van der Waals surface area contributed by atoms with Crippen LogP contribution in [0.1, 0.15) is 18.6 Å². The van der Waals surface area contributed by atoms with Crippen molar-refractivity contribution >= 4 is 23.4 Å². The van der Waals surface area contributed by atoms with Gasteiger partial charge in [-0.15, -0.1) is 0 Å². The monoisotopic (exact) mass is 251 g/mol. The molecule has 1 fully saturated rings. The second-order valence-electron chi connectivity index (χ2n) is 3.61. The molecule has 0 amide bonds. The summed E-state index contributed by atoms with van der Waals surface area (Å²) in [5, 5.41) is 3.05. The van der Waals surface area contributed by atoms with Crippen molar-refractivity contribution in [3.63, 3.8) is 0 Å². The number of benzene rings is 1. The summed E-state index contributed by atoms with van der Waals surface area (Å²) < 4.78 is 10.4. The van der Waals surface area contributed by atoms with Gasteiger partial charge in [-0.25, -0.2) is 4.79 Å². The van der Waals surface area contributed by atoms with Crippen molar-refractivity contribution in [2.45, 2.75) is 19.1 Å². The number of hydrogen-bond acceptors (Lipinski definition) is 4. The molecule has 0 spiro atoms. The molecular formula is C12H13NO3S. The first-order chi connectivity index (χ1) is 8.22. The smallest absolute Gasteiger partial charge is 0.332 e. The number of ether oxygens (including phenoxy) is 2. The minimum Gasteiger partial charge on any atom is -0.464 e. The molecule has 90 valence electrons. The van der Waals surface area contributed by atoms with E-state index in [1.165, 1.54) is 0 Å². The van der Waals surface area contributed by atoms with Crippen molar-refractivity contribution in [2.24, 2.45) is 0 Å². The van der Waals surface area contributed by atoms with E-state index in [1.807, 2.05) is 30.3 Å². The number of esters is 1. The topological polar surface area (TPSA) is 47.6 Å². The van der Waals surface area contributed by atoms with Crippen molar-refractivity contribution in [3.8, 4) is 0 Å². The number of nitrogens with one attached hydrogen (secondary N) is 1. The maximum Gasteiger partial charge on any atom is 0.332 e. The van der Waals surface area contributed by atoms with E-state index in [2.05, 4.69) is 5.32 Å². The Morgan fingerprint density at radius 3 is 2.82 bits per heavy atom. The van der Waals surface area contributed by atoms with Crippen LogP contribution in [0.4, 0.5) is 0 Å². The van der Waals surface area contributed by atoms with E-state index in [0.29, 0.717) is 6.61 Å². The number of thiocarbonyl (C=S) groups is 1. The molecule has 0 bridgehead atoms. The van der Waals surface area contributed by atoms with Gasteiger partial charge in [-0.2, -0.15) is 0 Å². The maximum atomic E-state index is 11.8. The lowest BCUT2D eigenvalue weighted by molar-refractivity contribution is -0.146. The van der Waals surface area contributed by atoms with Gasteiger partial charge in [0.1, 0.15) is 0 Å². The summed E-state index contributed by atoms with van der Waals surface area (Å²) in [6.45, 7) is 2.11. The van der Waals surface area contributed by atoms with Crippen molar-refractivity contribution in [1.82, 2.24) is 5.32 Å². The summed E-state index contributed by atoms with van der Waals surface area (Å²) in [5.74, 6) is -0.346. The first-order valence-electron chi connectivity index (χ1n) is 5.41. The van der Waals surface area contributed by atoms with E-state index < -0.39 is 12.1 Å². The zero-order valence-electron chi connectivity index (χ0n) is 9.38. The highest BCUT2D eigenvalue weighted by atomic mass is 32.1. The molecule has 17 heavy (non-hydrogen) atoms. The van der Waals surface area contributed by atoms with Crippen LogP contribution in [-0.2, 0) is 14.3 Å². The Balaban J connectivity index is 2.20. The van der Waals surface area contributed by atoms with Crippen LogP contribution in [0.2, 0.25) is 0 Å². The van der Waals surface area contributed by atoms with Gasteiger partial charge in [0, 0.05) is 0 Å². The molecule has 0 saturated carbocycles. The molecule has 4 nitrogen and oxygen atoms in total. The predicted molar refractivity (Wildman–Crippen MR) is 66.4 cm³/mol. The van der Waals surface area contributed by atoms with Crippen molar-refractivity contribution in [1.29, 1.82) is 0 Å².